The molecule has 0 aliphatic carbocycles. The van der Waals surface area contributed by atoms with Crippen molar-refractivity contribution in [1.29, 1.82) is 0 Å². The first kappa shape index (κ1) is 25.1. The molecule has 0 saturated carbocycles. The van der Waals surface area contributed by atoms with Crippen LogP contribution in [-0.4, -0.2) is 67.8 Å². The van der Waals surface area contributed by atoms with Gasteiger partial charge in [-0.2, -0.15) is 5.10 Å². The molecular weight excluding hydrogens is 488 g/mol. The van der Waals surface area contributed by atoms with Crippen molar-refractivity contribution in [3.05, 3.63) is 53.0 Å². The molecule has 38 heavy (non-hydrogen) atoms. The van der Waals surface area contributed by atoms with Crippen molar-refractivity contribution in [3.63, 3.8) is 0 Å². The van der Waals surface area contributed by atoms with E-state index in [1.807, 2.05) is 13.8 Å². The third-order valence-electron chi connectivity index (χ3n) is 5.89. The quantitative estimate of drug-likeness (QED) is 0.224. The zero-order valence-corrected chi connectivity index (χ0v) is 21.8. The van der Waals surface area contributed by atoms with Crippen LogP contribution < -0.4 is 15.0 Å². The fourth-order valence-electron chi connectivity index (χ4n) is 4.13. The molecule has 0 aliphatic heterocycles. The van der Waals surface area contributed by atoms with E-state index < -0.39 is 0 Å². The van der Waals surface area contributed by atoms with Crippen LogP contribution in [0, 0.1) is 5.92 Å². The number of aliphatic imine (C=N–C) groups is 1. The second kappa shape index (κ2) is 10.4. The van der Waals surface area contributed by atoms with Crippen LogP contribution in [-0.2, 0) is 11.8 Å². The number of rotatable bonds is 9. The lowest BCUT2D eigenvalue weighted by atomic mass is 10.1. The van der Waals surface area contributed by atoms with E-state index in [2.05, 4.69) is 25.0 Å². The normalized spacial score (nSPS) is 12.1. The number of hydrogen-bond acceptors (Lipinski definition) is 9. The fourth-order valence-corrected chi connectivity index (χ4v) is 4.13. The van der Waals surface area contributed by atoms with Gasteiger partial charge in [-0.05, 0) is 12.0 Å². The van der Waals surface area contributed by atoms with E-state index in [4.69, 9.17) is 24.2 Å². The van der Waals surface area contributed by atoms with Gasteiger partial charge in [0, 0.05) is 44.9 Å². The van der Waals surface area contributed by atoms with Crippen LogP contribution in [0.25, 0.3) is 33.5 Å². The van der Waals surface area contributed by atoms with E-state index in [0.29, 0.717) is 69.8 Å². The largest absolute Gasteiger partial charge is 0.493 e. The molecule has 196 valence electrons. The summed E-state index contributed by atoms with van der Waals surface area (Å²) in [6, 6.07) is 5.28. The van der Waals surface area contributed by atoms with E-state index in [1.54, 1.807) is 62.7 Å². The molecule has 0 atom stereocenters. The van der Waals surface area contributed by atoms with E-state index in [9.17, 15) is 4.79 Å². The van der Waals surface area contributed by atoms with Gasteiger partial charge in [-0.1, -0.05) is 13.8 Å². The molecule has 5 rings (SSSR count). The number of aromatic nitrogens is 7. The van der Waals surface area contributed by atoms with E-state index in [0.717, 1.165) is 0 Å². The van der Waals surface area contributed by atoms with Crippen molar-refractivity contribution < 1.29 is 14.2 Å². The van der Waals surface area contributed by atoms with E-state index in [-0.39, 0.29) is 17.0 Å². The minimum Gasteiger partial charge on any atom is -0.493 e. The van der Waals surface area contributed by atoms with Gasteiger partial charge < -0.3 is 24.2 Å². The number of aryl methyl sites for hydroxylation is 1. The predicted octanol–water partition coefficient (Wildman–Crippen LogP) is 3.41. The minimum absolute atomic E-state index is 0.0324. The number of hydrogen-bond donors (Lipinski definition) is 2. The number of benzene rings is 1. The molecule has 0 amide bonds. The minimum atomic E-state index is -0.357. The summed E-state index contributed by atoms with van der Waals surface area (Å²) in [6.45, 7) is 4.78. The number of methoxy groups -OCH3 is 2. The van der Waals surface area contributed by atoms with Gasteiger partial charge in [-0.25, -0.2) is 19.9 Å². The molecule has 0 bridgehead atoms. The second-order valence-corrected chi connectivity index (χ2v) is 8.91. The molecule has 5 aromatic rings. The number of fused-ring (bicyclic) bond motifs is 2. The molecule has 0 unspecified atom stereocenters. The summed E-state index contributed by atoms with van der Waals surface area (Å²) in [6.07, 6.45) is 5.06. The molecule has 0 fully saturated rings. The summed E-state index contributed by atoms with van der Waals surface area (Å²) in [5, 5.41) is 4.59. The zero-order valence-electron chi connectivity index (χ0n) is 21.8. The number of H-pyrrole nitrogens is 2. The van der Waals surface area contributed by atoms with Crippen LogP contribution in [0.4, 0.5) is 5.69 Å². The maximum absolute atomic E-state index is 13.5. The number of nitrogens with zero attached hydrogens (tertiary/aromatic N) is 6. The van der Waals surface area contributed by atoms with E-state index >= 15 is 0 Å². The summed E-state index contributed by atoms with van der Waals surface area (Å²) >= 11 is 0. The Morgan fingerprint density at radius 2 is 1.87 bits per heavy atom. The SMILES string of the molecule is COCCOc1cc2[nH]c(-c3c(/N=C(\c4ncccn4)C(C)C)c4nn(C)cc4[nH]c3=O)nc2cc1OC. The number of imidazole rings is 1. The molecule has 12 heteroatoms. The highest BCUT2D eigenvalue weighted by Gasteiger charge is 2.23. The van der Waals surface area contributed by atoms with Gasteiger partial charge in [-0.15, -0.1) is 0 Å². The van der Waals surface area contributed by atoms with Crippen molar-refractivity contribution >= 4 is 33.5 Å². The summed E-state index contributed by atoms with van der Waals surface area (Å²) in [5.41, 5.74) is 3.24. The molecule has 0 saturated heterocycles. The Hall–Kier alpha value is -4.58. The summed E-state index contributed by atoms with van der Waals surface area (Å²) in [7, 11) is 4.95. The van der Waals surface area contributed by atoms with Gasteiger partial charge >= 0.3 is 0 Å². The summed E-state index contributed by atoms with van der Waals surface area (Å²) in [4.78, 5) is 38.1. The van der Waals surface area contributed by atoms with Gasteiger partial charge in [-0.3, -0.25) is 9.48 Å². The average Bonchev–Trinajstić information content (AvgIpc) is 3.48. The fraction of sp³-hybridized carbons (Fsp3) is 0.308. The highest BCUT2D eigenvalue weighted by molar-refractivity contribution is 6.04. The topological polar surface area (TPSA) is 145 Å². The first-order valence-corrected chi connectivity index (χ1v) is 12.0. The lowest BCUT2D eigenvalue weighted by molar-refractivity contribution is 0.144. The molecule has 0 aliphatic rings. The Morgan fingerprint density at radius 3 is 2.58 bits per heavy atom. The maximum atomic E-state index is 13.5. The maximum Gasteiger partial charge on any atom is 0.261 e. The number of ether oxygens (including phenoxy) is 3. The van der Waals surface area contributed by atoms with Gasteiger partial charge in [0.2, 0.25) is 0 Å². The number of pyridine rings is 1. The number of aromatic amines is 2. The summed E-state index contributed by atoms with van der Waals surface area (Å²) in [5.74, 6) is 1.82. The third-order valence-corrected chi connectivity index (χ3v) is 5.89. The molecule has 4 aromatic heterocycles. The van der Waals surface area contributed by atoms with Crippen molar-refractivity contribution in [2.75, 3.05) is 27.4 Å². The molecule has 1 aromatic carbocycles. The standard InChI is InChI=1S/C26H28N8O4/c1-14(2)21(25-27-7-6-8-28-25)32-23-20(26(35)31-17-13-34(3)33-22(17)23)24-29-15-11-18(37-5)19(12-16(15)30-24)38-10-9-36-4/h6-8,11-14H,9-10H2,1-5H3,(H,29,30)(H,31,35)/b32-21-. The molecule has 2 N–H and O–H groups in total. The Labute approximate surface area is 217 Å². The van der Waals surface area contributed by atoms with Crippen LogP contribution in [0.5, 0.6) is 11.5 Å². The zero-order chi connectivity index (χ0) is 26.8. The first-order chi connectivity index (χ1) is 18.4. The highest BCUT2D eigenvalue weighted by Crippen LogP contribution is 2.36. The van der Waals surface area contributed by atoms with Crippen LogP contribution >= 0.6 is 0 Å². The van der Waals surface area contributed by atoms with Gasteiger partial charge in [0.25, 0.3) is 5.56 Å². The predicted molar refractivity (Wildman–Crippen MR) is 143 cm³/mol. The third kappa shape index (κ3) is 4.73. The Kier molecular flexibility index (Phi) is 6.88. The van der Waals surface area contributed by atoms with E-state index in [1.165, 1.54) is 0 Å². The van der Waals surface area contributed by atoms with Gasteiger partial charge in [0.05, 0.1) is 36.0 Å². The lowest BCUT2D eigenvalue weighted by Gasteiger charge is -2.10. The molecule has 12 nitrogen and oxygen atoms in total. The molecular formula is C26H28N8O4. The van der Waals surface area contributed by atoms with Crippen LogP contribution in [0.3, 0.4) is 0 Å². The highest BCUT2D eigenvalue weighted by atomic mass is 16.5. The second-order valence-electron chi connectivity index (χ2n) is 8.91. The monoisotopic (exact) mass is 516 g/mol. The van der Waals surface area contributed by atoms with Crippen molar-refractivity contribution in [2.24, 2.45) is 18.0 Å². The van der Waals surface area contributed by atoms with Gasteiger partial charge in [0.1, 0.15) is 29.2 Å². The van der Waals surface area contributed by atoms with Crippen LogP contribution in [0.2, 0.25) is 0 Å². The molecule has 4 heterocycles. The smallest absolute Gasteiger partial charge is 0.261 e. The van der Waals surface area contributed by atoms with Gasteiger partial charge in [0.15, 0.2) is 17.3 Å². The number of nitrogens with one attached hydrogen (secondary N) is 2. The Morgan fingerprint density at radius 1 is 1.08 bits per heavy atom. The Bertz CT molecular complexity index is 1680. The van der Waals surface area contributed by atoms with Crippen LogP contribution in [0.15, 0.2) is 46.6 Å². The summed E-state index contributed by atoms with van der Waals surface area (Å²) < 4.78 is 18.0. The average molecular weight is 517 g/mol. The Balaban J connectivity index is 1.74. The van der Waals surface area contributed by atoms with Crippen molar-refractivity contribution in [2.45, 2.75) is 13.8 Å². The first-order valence-electron chi connectivity index (χ1n) is 12.0. The van der Waals surface area contributed by atoms with Crippen LogP contribution in [0.1, 0.15) is 19.7 Å². The van der Waals surface area contributed by atoms with Crippen molar-refractivity contribution in [1.82, 2.24) is 34.7 Å². The molecule has 0 spiro atoms. The van der Waals surface area contributed by atoms with Crippen molar-refractivity contribution in [3.8, 4) is 22.9 Å². The molecule has 0 radical (unpaired) electrons. The lowest BCUT2D eigenvalue weighted by Crippen LogP contribution is -2.15.